The van der Waals surface area contributed by atoms with E-state index in [4.69, 9.17) is 14.6 Å². The Bertz CT molecular complexity index is 543. The molecule has 0 amide bonds. The topological polar surface area (TPSA) is 50.7 Å². The molecule has 1 atom stereocenters. The zero-order valence-corrected chi connectivity index (χ0v) is 12.9. The molecule has 0 aromatic heterocycles. The van der Waals surface area contributed by atoms with Crippen molar-refractivity contribution in [1.29, 1.82) is 0 Å². The molecule has 0 aliphatic heterocycles. The van der Waals surface area contributed by atoms with Crippen molar-refractivity contribution in [3.63, 3.8) is 0 Å². The van der Waals surface area contributed by atoms with Crippen LogP contribution >= 0.6 is 0 Å². The number of rotatable bonds is 9. The normalized spacial score (nSPS) is 11.9. The van der Waals surface area contributed by atoms with Crippen molar-refractivity contribution in [2.24, 2.45) is 0 Å². The highest BCUT2D eigenvalue weighted by Gasteiger charge is 2.04. The molecule has 2 rings (SSSR count). The summed E-state index contributed by atoms with van der Waals surface area (Å²) in [4.78, 5) is 0. The lowest BCUT2D eigenvalue weighted by Crippen LogP contribution is -2.28. The van der Waals surface area contributed by atoms with Gasteiger partial charge in [0.25, 0.3) is 0 Å². The number of benzene rings is 2. The van der Waals surface area contributed by atoms with Gasteiger partial charge in [-0.2, -0.15) is 0 Å². The fourth-order valence-electron chi connectivity index (χ4n) is 1.97. The van der Waals surface area contributed by atoms with Crippen LogP contribution in [0.3, 0.4) is 0 Å². The second kappa shape index (κ2) is 9.07. The summed E-state index contributed by atoms with van der Waals surface area (Å²) >= 11 is 0. The third-order valence-corrected chi connectivity index (χ3v) is 3.06. The van der Waals surface area contributed by atoms with Gasteiger partial charge in [-0.3, -0.25) is 0 Å². The number of nitrogens with one attached hydrogen (secondary N) is 1. The van der Waals surface area contributed by atoms with Gasteiger partial charge in [0.2, 0.25) is 0 Å². The van der Waals surface area contributed by atoms with Gasteiger partial charge in [-0.25, -0.2) is 0 Å². The second-order valence-electron chi connectivity index (χ2n) is 5.12. The van der Waals surface area contributed by atoms with Crippen molar-refractivity contribution in [1.82, 2.24) is 5.32 Å². The first-order valence-electron chi connectivity index (χ1n) is 7.53. The van der Waals surface area contributed by atoms with E-state index in [0.717, 1.165) is 17.1 Å². The minimum atomic E-state index is -0.346. The lowest BCUT2D eigenvalue weighted by molar-refractivity contribution is 0.187. The molecule has 0 radical (unpaired) electrons. The molecule has 22 heavy (non-hydrogen) atoms. The van der Waals surface area contributed by atoms with Gasteiger partial charge in [-0.05, 0) is 24.6 Å². The summed E-state index contributed by atoms with van der Waals surface area (Å²) in [7, 11) is 0. The zero-order chi connectivity index (χ0) is 15.6. The maximum absolute atomic E-state index is 9.17. The highest BCUT2D eigenvalue weighted by Crippen LogP contribution is 2.27. The van der Waals surface area contributed by atoms with E-state index in [0.29, 0.717) is 26.3 Å². The number of aliphatic hydroxyl groups is 1. The molecule has 0 bridgehead atoms. The minimum Gasteiger partial charge on any atom is -0.488 e. The molecule has 4 nitrogen and oxygen atoms in total. The summed E-state index contributed by atoms with van der Waals surface area (Å²) in [6, 6.07) is 17.7. The van der Waals surface area contributed by atoms with Crippen LogP contribution in [0.25, 0.3) is 0 Å². The summed E-state index contributed by atoms with van der Waals surface area (Å²) < 4.78 is 11.6. The van der Waals surface area contributed by atoms with Crippen LogP contribution in [0.2, 0.25) is 0 Å². The highest BCUT2D eigenvalue weighted by atomic mass is 16.5. The van der Waals surface area contributed by atoms with Crippen molar-refractivity contribution in [3.05, 3.63) is 60.2 Å². The van der Waals surface area contributed by atoms with Crippen LogP contribution in [-0.2, 0) is 6.61 Å². The van der Waals surface area contributed by atoms with Crippen molar-refractivity contribution < 1.29 is 14.6 Å². The van der Waals surface area contributed by atoms with Crippen LogP contribution in [0.5, 0.6) is 11.5 Å². The molecule has 0 aliphatic carbocycles. The molecule has 0 heterocycles. The maximum atomic E-state index is 9.17. The number of aliphatic hydroxyl groups excluding tert-OH is 1. The maximum Gasteiger partial charge on any atom is 0.161 e. The van der Waals surface area contributed by atoms with E-state index in [1.54, 1.807) is 6.92 Å². The molecule has 118 valence electrons. The Morgan fingerprint density at radius 1 is 0.955 bits per heavy atom. The third-order valence-electron chi connectivity index (χ3n) is 3.06. The fourth-order valence-corrected chi connectivity index (χ4v) is 1.97. The molecule has 0 saturated heterocycles. The van der Waals surface area contributed by atoms with Gasteiger partial charge in [0.15, 0.2) is 11.5 Å². The van der Waals surface area contributed by atoms with Crippen LogP contribution in [0.1, 0.15) is 12.5 Å². The van der Waals surface area contributed by atoms with Gasteiger partial charge >= 0.3 is 0 Å². The predicted octanol–water partition coefficient (Wildman–Crippen LogP) is 2.61. The molecule has 0 spiro atoms. The smallest absolute Gasteiger partial charge is 0.161 e. The molecular formula is C18H23NO3. The number of hydrogen-bond acceptors (Lipinski definition) is 4. The van der Waals surface area contributed by atoms with E-state index in [-0.39, 0.29) is 6.10 Å². The van der Waals surface area contributed by atoms with E-state index in [1.165, 1.54) is 0 Å². The van der Waals surface area contributed by atoms with Gasteiger partial charge in [-0.15, -0.1) is 0 Å². The Morgan fingerprint density at radius 2 is 1.59 bits per heavy atom. The Morgan fingerprint density at radius 3 is 2.27 bits per heavy atom. The molecule has 2 N–H and O–H groups in total. The van der Waals surface area contributed by atoms with Crippen molar-refractivity contribution in [2.75, 3.05) is 19.7 Å². The number of ether oxygens (including phenoxy) is 2. The van der Waals surface area contributed by atoms with Crippen LogP contribution in [0.15, 0.2) is 54.6 Å². The number of hydrogen-bond donors (Lipinski definition) is 2. The van der Waals surface area contributed by atoms with Gasteiger partial charge in [0, 0.05) is 13.1 Å². The quantitative estimate of drug-likeness (QED) is 0.699. The Kier molecular flexibility index (Phi) is 6.74. The minimum absolute atomic E-state index is 0.346. The average Bonchev–Trinajstić information content (AvgIpc) is 2.54. The Balaban J connectivity index is 1.81. The molecule has 2 aromatic rings. The number of para-hydroxylation sites is 2. The lowest BCUT2D eigenvalue weighted by Gasteiger charge is -2.13. The molecule has 0 unspecified atom stereocenters. The first-order chi connectivity index (χ1) is 10.8. The van der Waals surface area contributed by atoms with Crippen LogP contribution in [0.4, 0.5) is 0 Å². The summed E-state index contributed by atoms with van der Waals surface area (Å²) in [6.07, 6.45) is -0.346. The zero-order valence-electron chi connectivity index (χ0n) is 12.9. The first kappa shape index (κ1) is 16.3. The molecule has 0 fully saturated rings. The predicted molar refractivity (Wildman–Crippen MR) is 87.3 cm³/mol. The molecule has 0 aliphatic rings. The Labute approximate surface area is 131 Å². The highest BCUT2D eigenvalue weighted by molar-refractivity contribution is 5.39. The van der Waals surface area contributed by atoms with Crippen molar-refractivity contribution in [3.8, 4) is 11.5 Å². The first-order valence-corrected chi connectivity index (χ1v) is 7.53. The largest absolute Gasteiger partial charge is 0.488 e. The van der Waals surface area contributed by atoms with Crippen LogP contribution in [0, 0.1) is 0 Å². The standard InChI is InChI=1S/C18H23NO3/c1-15(20)13-19-11-12-21-17-9-5-6-10-18(17)22-14-16-7-3-2-4-8-16/h2-10,15,19-20H,11-14H2,1H3/t15-/m0/s1. The molecule has 0 saturated carbocycles. The van der Waals surface area contributed by atoms with E-state index < -0.39 is 0 Å². The molecule has 4 heteroatoms. The third kappa shape index (κ3) is 5.76. The monoisotopic (exact) mass is 301 g/mol. The van der Waals surface area contributed by atoms with Gasteiger partial charge in [0.1, 0.15) is 13.2 Å². The second-order valence-corrected chi connectivity index (χ2v) is 5.12. The van der Waals surface area contributed by atoms with E-state index in [1.807, 2.05) is 54.6 Å². The lowest BCUT2D eigenvalue weighted by atomic mass is 10.2. The SMILES string of the molecule is C[C@H](O)CNCCOc1ccccc1OCc1ccccc1. The van der Waals surface area contributed by atoms with Crippen LogP contribution in [-0.4, -0.2) is 30.9 Å². The summed E-state index contributed by atoms with van der Waals surface area (Å²) in [6.45, 7) is 4.04. The Hall–Kier alpha value is -2.04. The summed E-state index contributed by atoms with van der Waals surface area (Å²) in [5, 5.41) is 12.3. The summed E-state index contributed by atoms with van der Waals surface area (Å²) in [5.74, 6) is 1.47. The van der Waals surface area contributed by atoms with Gasteiger partial charge in [0.05, 0.1) is 6.10 Å². The summed E-state index contributed by atoms with van der Waals surface area (Å²) in [5.41, 5.74) is 1.12. The molecule has 2 aromatic carbocycles. The van der Waals surface area contributed by atoms with Crippen molar-refractivity contribution >= 4 is 0 Å². The van der Waals surface area contributed by atoms with E-state index >= 15 is 0 Å². The van der Waals surface area contributed by atoms with Gasteiger partial charge < -0.3 is 19.9 Å². The fraction of sp³-hybridized carbons (Fsp3) is 0.333. The van der Waals surface area contributed by atoms with Crippen LogP contribution < -0.4 is 14.8 Å². The van der Waals surface area contributed by atoms with Crippen molar-refractivity contribution in [2.45, 2.75) is 19.6 Å². The van der Waals surface area contributed by atoms with E-state index in [2.05, 4.69) is 5.32 Å². The van der Waals surface area contributed by atoms with E-state index in [9.17, 15) is 0 Å². The van der Waals surface area contributed by atoms with Gasteiger partial charge in [-0.1, -0.05) is 42.5 Å². The molecular weight excluding hydrogens is 278 g/mol. The average molecular weight is 301 g/mol.